The van der Waals surface area contributed by atoms with Crippen LogP contribution in [0.25, 0.3) is 0 Å². The first kappa shape index (κ1) is 14.2. The number of nitrogens with zero attached hydrogens (tertiary/aromatic N) is 4. The molecule has 0 aromatic carbocycles. The summed E-state index contributed by atoms with van der Waals surface area (Å²) in [4.78, 5) is 13.7. The zero-order valence-electron chi connectivity index (χ0n) is 11.8. The van der Waals surface area contributed by atoms with E-state index in [9.17, 15) is 10.1 Å². The summed E-state index contributed by atoms with van der Waals surface area (Å²) in [5.74, 6) is 0.293. The predicted octanol–water partition coefficient (Wildman–Crippen LogP) is -0.0837. The van der Waals surface area contributed by atoms with E-state index in [4.69, 9.17) is 4.74 Å². The SMILES string of the molecule is CNC(=O)C1COCCN1c1nnc(C)c(C)c1C#N. The number of aromatic nitrogens is 2. The van der Waals surface area contributed by atoms with Crippen molar-refractivity contribution in [1.82, 2.24) is 15.5 Å². The third-order valence-electron chi connectivity index (χ3n) is 3.50. The van der Waals surface area contributed by atoms with E-state index in [1.807, 2.05) is 13.8 Å². The van der Waals surface area contributed by atoms with E-state index in [1.165, 1.54) is 0 Å². The zero-order chi connectivity index (χ0) is 14.7. The molecule has 0 bridgehead atoms. The number of aryl methyl sites for hydroxylation is 1. The summed E-state index contributed by atoms with van der Waals surface area (Å²) in [6.45, 7) is 4.92. The third-order valence-corrected chi connectivity index (χ3v) is 3.50. The minimum Gasteiger partial charge on any atom is -0.377 e. The van der Waals surface area contributed by atoms with Crippen LogP contribution < -0.4 is 10.2 Å². The van der Waals surface area contributed by atoms with Crippen molar-refractivity contribution < 1.29 is 9.53 Å². The molecule has 1 N–H and O–H groups in total. The lowest BCUT2D eigenvalue weighted by Crippen LogP contribution is -2.54. The molecule has 1 aromatic heterocycles. The Morgan fingerprint density at radius 3 is 2.90 bits per heavy atom. The average Bonchev–Trinajstić information content (AvgIpc) is 2.49. The van der Waals surface area contributed by atoms with Gasteiger partial charge in [-0.2, -0.15) is 10.4 Å². The number of morpholine rings is 1. The molecule has 1 fully saturated rings. The van der Waals surface area contributed by atoms with E-state index in [0.29, 0.717) is 24.5 Å². The van der Waals surface area contributed by atoms with Crippen molar-refractivity contribution in [3.05, 3.63) is 16.8 Å². The van der Waals surface area contributed by atoms with Gasteiger partial charge in [0, 0.05) is 13.6 Å². The Balaban J connectivity index is 2.46. The highest BCUT2D eigenvalue weighted by molar-refractivity contribution is 5.85. The minimum absolute atomic E-state index is 0.159. The van der Waals surface area contributed by atoms with Crippen molar-refractivity contribution in [1.29, 1.82) is 5.26 Å². The quantitative estimate of drug-likeness (QED) is 0.811. The van der Waals surface area contributed by atoms with Gasteiger partial charge in [-0.25, -0.2) is 0 Å². The first-order valence-corrected chi connectivity index (χ1v) is 6.40. The second-order valence-electron chi connectivity index (χ2n) is 4.62. The lowest BCUT2D eigenvalue weighted by molar-refractivity contribution is -0.124. The Kier molecular flexibility index (Phi) is 4.15. The van der Waals surface area contributed by atoms with Crippen LogP contribution >= 0.6 is 0 Å². The maximum atomic E-state index is 11.9. The molecule has 7 nitrogen and oxygen atoms in total. The van der Waals surface area contributed by atoms with E-state index < -0.39 is 6.04 Å². The van der Waals surface area contributed by atoms with Crippen molar-refractivity contribution in [2.45, 2.75) is 19.9 Å². The van der Waals surface area contributed by atoms with Gasteiger partial charge in [-0.15, -0.1) is 5.10 Å². The number of hydrogen-bond acceptors (Lipinski definition) is 6. The van der Waals surface area contributed by atoms with E-state index in [0.717, 1.165) is 11.3 Å². The number of nitriles is 1. The summed E-state index contributed by atoms with van der Waals surface area (Å²) < 4.78 is 5.35. The normalized spacial score (nSPS) is 18.5. The molecule has 0 radical (unpaired) electrons. The maximum absolute atomic E-state index is 11.9. The predicted molar refractivity (Wildman–Crippen MR) is 72.2 cm³/mol. The molecule has 7 heteroatoms. The molecule has 1 aliphatic heterocycles. The standard InChI is InChI=1S/C13H17N5O2/c1-8-9(2)16-17-12(10(8)6-14)18-4-5-20-7-11(18)13(19)15-3/h11H,4-5,7H2,1-3H3,(H,15,19). The number of carbonyl (C=O) groups excluding carboxylic acids is 1. The fraction of sp³-hybridized carbons (Fsp3) is 0.538. The minimum atomic E-state index is -0.489. The lowest BCUT2D eigenvalue weighted by Gasteiger charge is -2.35. The van der Waals surface area contributed by atoms with Crippen LogP contribution in [0.2, 0.25) is 0 Å². The second-order valence-corrected chi connectivity index (χ2v) is 4.62. The van der Waals surface area contributed by atoms with Gasteiger partial charge in [0.2, 0.25) is 5.91 Å². The van der Waals surface area contributed by atoms with E-state index in [1.54, 1.807) is 11.9 Å². The molecule has 2 heterocycles. The molecule has 1 unspecified atom stereocenters. The summed E-state index contributed by atoms with van der Waals surface area (Å²) in [6, 6.07) is 1.67. The van der Waals surface area contributed by atoms with E-state index >= 15 is 0 Å². The Morgan fingerprint density at radius 2 is 2.25 bits per heavy atom. The molecule has 0 spiro atoms. The Hall–Kier alpha value is -2.20. The third kappa shape index (κ3) is 2.42. The summed E-state index contributed by atoms with van der Waals surface area (Å²) in [5.41, 5.74) is 1.98. The molecule has 1 atom stereocenters. The van der Waals surface area contributed by atoms with Crippen molar-refractivity contribution in [2.75, 3.05) is 31.7 Å². The smallest absolute Gasteiger partial charge is 0.244 e. The van der Waals surface area contributed by atoms with Crippen molar-refractivity contribution >= 4 is 11.7 Å². The largest absolute Gasteiger partial charge is 0.377 e. The summed E-state index contributed by atoms with van der Waals surface area (Å²) >= 11 is 0. The van der Waals surface area contributed by atoms with Crippen LogP contribution in [0.1, 0.15) is 16.8 Å². The van der Waals surface area contributed by atoms with Crippen molar-refractivity contribution in [3.8, 4) is 6.07 Å². The van der Waals surface area contributed by atoms with Gasteiger partial charge in [0.1, 0.15) is 17.7 Å². The molecule has 1 amide bonds. The van der Waals surface area contributed by atoms with Crippen LogP contribution in [0.15, 0.2) is 0 Å². The van der Waals surface area contributed by atoms with Gasteiger partial charge in [0.25, 0.3) is 0 Å². The first-order chi connectivity index (χ1) is 9.60. The molecule has 20 heavy (non-hydrogen) atoms. The maximum Gasteiger partial charge on any atom is 0.244 e. The summed E-state index contributed by atoms with van der Waals surface area (Å²) in [5, 5.41) is 20.2. The second kappa shape index (κ2) is 5.84. The van der Waals surface area contributed by atoms with Crippen LogP contribution in [0, 0.1) is 25.2 Å². The highest BCUT2D eigenvalue weighted by Gasteiger charge is 2.32. The molecule has 106 valence electrons. The Morgan fingerprint density at radius 1 is 1.50 bits per heavy atom. The fourth-order valence-electron chi connectivity index (χ4n) is 2.17. The number of amides is 1. The van der Waals surface area contributed by atoms with Gasteiger partial charge < -0.3 is 15.0 Å². The Labute approximate surface area is 117 Å². The first-order valence-electron chi connectivity index (χ1n) is 6.40. The topological polar surface area (TPSA) is 91.1 Å². The van der Waals surface area contributed by atoms with Crippen LogP contribution in [-0.2, 0) is 9.53 Å². The summed E-state index contributed by atoms with van der Waals surface area (Å²) in [7, 11) is 1.58. The number of anilines is 1. The number of nitrogens with one attached hydrogen (secondary N) is 1. The van der Waals surface area contributed by atoms with Gasteiger partial charge in [0.05, 0.1) is 18.9 Å². The van der Waals surface area contributed by atoms with E-state index in [-0.39, 0.29) is 12.5 Å². The zero-order valence-corrected chi connectivity index (χ0v) is 11.8. The lowest BCUT2D eigenvalue weighted by atomic mass is 10.1. The highest BCUT2D eigenvalue weighted by Crippen LogP contribution is 2.24. The molecule has 0 saturated carbocycles. The summed E-state index contributed by atoms with van der Waals surface area (Å²) in [6.07, 6.45) is 0. The number of ether oxygens (including phenoxy) is 1. The van der Waals surface area contributed by atoms with Gasteiger partial charge >= 0.3 is 0 Å². The van der Waals surface area contributed by atoms with Crippen LogP contribution in [-0.4, -0.2) is 49.0 Å². The van der Waals surface area contributed by atoms with Gasteiger partial charge in [-0.05, 0) is 19.4 Å². The molecule has 1 aliphatic rings. The number of rotatable bonds is 2. The number of hydrogen-bond donors (Lipinski definition) is 1. The van der Waals surface area contributed by atoms with Gasteiger partial charge in [0.15, 0.2) is 5.82 Å². The molecular formula is C13H17N5O2. The molecule has 1 aromatic rings. The highest BCUT2D eigenvalue weighted by atomic mass is 16.5. The van der Waals surface area contributed by atoms with Crippen molar-refractivity contribution in [3.63, 3.8) is 0 Å². The Bertz CT molecular complexity index is 567. The fourth-order valence-corrected chi connectivity index (χ4v) is 2.17. The van der Waals surface area contributed by atoms with Gasteiger partial charge in [-0.1, -0.05) is 0 Å². The van der Waals surface area contributed by atoms with Gasteiger partial charge in [-0.3, -0.25) is 4.79 Å². The number of carbonyl (C=O) groups is 1. The van der Waals surface area contributed by atoms with Crippen molar-refractivity contribution in [2.24, 2.45) is 0 Å². The molecule has 0 aliphatic carbocycles. The van der Waals surface area contributed by atoms with E-state index in [2.05, 4.69) is 21.6 Å². The van der Waals surface area contributed by atoms with Crippen LogP contribution in [0.3, 0.4) is 0 Å². The van der Waals surface area contributed by atoms with Crippen LogP contribution in [0.4, 0.5) is 5.82 Å². The monoisotopic (exact) mass is 275 g/mol. The molecular weight excluding hydrogens is 258 g/mol. The number of likely N-dealkylation sites (N-methyl/N-ethyl adjacent to an activating group) is 1. The van der Waals surface area contributed by atoms with Crippen LogP contribution in [0.5, 0.6) is 0 Å². The average molecular weight is 275 g/mol. The molecule has 1 saturated heterocycles. The molecule has 2 rings (SSSR count).